The molecule has 2 amide bonds. The molecule has 0 saturated heterocycles. The van der Waals surface area contributed by atoms with E-state index in [9.17, 15) is 14.4 Å². The van der Waals surface area contributed by atoms with Gasteiger partial charge >= 0.3 is 0 Å². The zero-order valence-electron chi connectivity index (χ0n) is 19.3. The van der Waals surface area contributed by atoms with Gasteiger partial charge in [-0.15, -0.1) is 0 Å². The summed E-state index contributed by atoms with van der Waals surface area (Å²) >= 11 is 0. The number of pyridine rings is 1. The third kappa shape index (κ3) is 11.1. The van der Waals surface area contributed by atoms with Crippen molar-refractivity contribution in [2.24, 2.45) is 5.73 Å². The lowest BCUT2D eigenvalue weighted by molar-refractivity contribution is -0.121. The molecule has 0 bridgehead atoms. The quantitative estimate of drug-likeness (QED) is 0.504. The number of amides is 2. The van der Waals surface area contributed by atoms with Crippen LogP contribution in [0.25, 0.3) is 0 Å². The van der Waals surface area contributed by atoms with Gasteiger partial charge in [0.2, 0.25) is 12.3 Å². The molecule has 0 aliphatic rings. The van der Waals surface area contributed by atoms with E-state index >= 15 is 0 Å². The molecule has 0 radical (unpaired) electrons. The Morgan fingerprint density at radius 2 is 1.68 bits per heavy atom. The van der Waals surface area contributed by atoms with Gasteiger partial charge in [0.05, 0.1) is 0 Å². The van der Waals surface area contributed by atoms with Crippen LogP contribution < -0.4 is 21.9 Å². The fourth-order valence-electron chi connectivity index (χ4n) is 2.73. The first-order chi connectivity index (χ1) is 15.1. The second-order valence-corrected chi connectivity index (χ2v) is 6.79. The summed E-state index contributed by atoms with van der Waals surface area (Å²) in [5.74, 6) is -0.218. The molecule has 4 N–H and O–H groups in total. The number of carbonyl (C=O) groups is 2. The molecule has 2 aromatic rings. The Kier molecular flexibility index (Phi) is 16.2. The number of rotatable bonds is 10. The minimum atomic E-state index is -0.357. The number of aromatic nitrogens is 1. The average Bonchev–Trinajstić information content (AvgIpc) is 2.78. The number of nitrogens with one attached hydrogen (secondary N) is 2. The van der Waals surface area contributed by atoms with E-state index in [0.717, 1.165) is 30.5 Å². The van der Waals surface area contributed by atoms with Crippen LogP contribution in [0.5, 0.6) is 0 Å². The summed E-state index contributed by atoms with van der Waals surface area (Å²) in [6.45, 7) is 6.77. The van der Waals surface area contributed by atoms with E-state index < -0.39 is 0 Å². The number of nitrogens with zero attached hydrogens (tertiary/aromatic N) is 1. The van der Waals surface area contributed by atoms with Gasteiger partial charge < -0.3 is 20.9 Å². The number of nitrogens with two attached hydrogens (primary N) is 1. The van der Waals surface area contributed by atoms with Crippen LogP contribution in [0, 0.1) is 0 Å². The Labute approximate surface area is 186 Å². The predicted octanol–water partition coefficient (Wildman–Crippen LogP) is 3.11. The van der Waals surface area contributed by atoms with Crippen molar-refractivity contribution in [3.63, 3.8) is 0 Å². The molecule has 2 rings (SSSR count). The number of hydrogen-bond donors (Lipinski definition) is 3. The number of benzene rings is 1. The summed E-state index contributed by atoms with van der Waals surface area (Å²) in [4.78, 5) is 35.5. The van der Waals surface area contributed by atoms with Crippen LogP contribution in [-0.2, 0) is 29.0 Å². The summed E-state index contributed by atoms with van der Waals surface area (Å²) in [5.41, 5.74) is 6.26. The van der Waals surface area contributed by atoms with Crippen LogP contribution in [-0.4, -0.2) is 30.5 Å². The maximum Gasteiger partial charge on any atom is 0.274 e. The molecule has 7 nitrogen and oxygen atoms in total. The van der Waals surface area contributed by atoms with E-state index in [1.165, 1.54) is 18.0 Å². The lowest BCUT2D eigenvalue weighted by atomic mass is 10.1. The minimum absolute atomic E-state index is 0.0545. The Morgan fingerprint density at radius 3 is 2.26 bits per heavy atom. The third-order valence-electron chi connectivity index (χ3n) is 4.15. The number of unbranched alkanes of at least 4 members (excludes halogenated alkanes) is 1. The highest BCUT2D eigenvalue weighted by molar-refractivity contribution is 5.76. The van der Waals surface area contributed by atoms with Gasteiger partial charge in [0.15, 0.2) is 0 Å². The summed E-state index contributed by atoms with van der Waals surface area (Å²) < 4.78 is 1.44. The van der Waals surface area contributed by atoms with E-state index in [1.807, 2.05) is 30.3 Å². The Balaban J connectivity index is 0.00000165. The van der Waals surface area contributed by atoms with Crippen molar-refractivity contribution in [1.82, 2.24) is 9.88 Å². The van der Waals surface area contributed by atoms with Gasteiger partial charge in [-0.05, 0) is 44.0 Å². The van der Waals surface area contributed by atoms with Gasteiger partial charge in [-0.2, -0.15) is 0 Å². The average molecular weight is 431 g/mol. The fourth-order valence-corrected chi connectivity index (χ4v) is 2.73. The molecule has 1 aromatic carbocycles. The van der Waals surface area contributed by atoms with Crippen LogP contribution in [0.15, 0.2) is 47.3 Å². The molecule has 0 aliphatic carbocycles. The van der Waals surface area contributed by atoms with Crippen LogP contribution in [0.3, 0.4) is 0 Å². The van der Waals surface area contributed by atoms with Gasteiger partial charge in [-0.25, -0.2) is 0 Å². The molecule has 0 aliphatic heterocycles. The molecular formula is C24H38N4O3. The fraction of sp³-hybridized carbons (Fsp3) is 0.458. The van der Waals surface area contributed by atoms with Crippen molar-refractivity contribution < 1.29 is 9.59 Å². The Hall–Kier alpha value is -2.93. The highest BCUT2D eigenvalue weighted by Crippen LogP contribution is 2.08. The molecule has 172 valence electrons. The highest BCUT2D eigenvalue weighted by atomic mass is 16.2. The van der Waals surface area contributed by atoms with Gasteiger partial charge in [-0.1, -0.05) is 63.9 Å². The van der Waals surface area contributed by atoms with E-state index in [-0.39, 0.29) is 23.7 Å². The van der Waals surface area contributed by atoms with Crippen molar-refractivity contribution in [1.29, 1.82) is 0 Å². The third-order valence-corrected chi connectivity index (χ3v) is 4.15. The van der Waals surface area contributed by atoms with Crippen LogP contribution in [0.2, 0.25) is 0 Å². The normalized spacial score (nSPS) is 9.45. The summed E-state index contributed by atoms with van der Waals surface area (Å²) in [6, 6.07) is 13.3. The maximum absolute atomic E-state index is 12.5. The summed E-state index contributed by atoms with van der Waals surface area (Å²) in [6.07, 6.45) is 5.08. The molecule has 0 saturated carbocycles. The highest BCUT2D eigenvalue weighted by Gasteiger charge is 2.12. The van der Waals surface area contributed by atoms with Gasteiger partial charge in [0.25, 0.3) is 5.56 Å². The van der Waals surface area contributed by atoms with E-state index in [1.54, 1.807) is 12.1 Å². The standard InChI is InChI=1S/C20H25N3O3.C3H8.CH5N/c1-2-3-9-17-10-11-18(22-15-24)20(26)23(17)14-19(25)21-13-12-16-7-5-4-6-8-16;1-3-2;1-2/h4-8,10-11,15H,2-3,9,12-14H2,1H3,(H,21,25)(H,22,24);3H2,1-2H3;2H2,1H3. The Bertz CT molecular complexity index is 804. The van der Waals surface area contributed by atoms with Crippen LogP contribution >= 0.6 is 0 Å². The van der Waals surface area contributed by atoms with E-state index in [2.05, 4.69) is 37.1 Å². The first kappa shape index (κ1) is 28.1. The van der Waals surface area contributed by atoms with Crippen molar-refractivity contribution in [2.45, 2.75) is 59.4 Å². The predicted molar refractivity (Wildman–Crippen MR) is 128 cm³/mol. The van der Waals surface area contributed by atoms with Crippen molar-refractivity contribution in [3.05, 3.63) is 64.1 Å². The first-order valence-electron chi connectivity index (χ1n) is 10.9. The van der Waals surface area contributed by atoms with Crippen molar-refractivity contribution in [3.8, 4) is 0 Å². The monoisotopic (exact) mass is 430 g/mol. The summed E-state index contributed by atoms with van der Waals surface area (Å²) in [7, 11) is 1.50. The number of aryl methyl sites for hydroxylation is 1. The minimum Gasteiger partial charge on any atom is -0.354 e. The lowest BCUT2D eigenvalue weighted by Crippen LogP contribution is -2.35. The van der Waals surface area contributed by atoms with Crippen molar-refractivity contribution in [2.75, 3.05) is 18.9 Å². The van der Waals surface area contributed by atoms with Crippen LogP contribution in [0.1, 0.15) is 51.3 Å². The SMILES string of the molecule is CCC.CCCCc1ccc(NC=O)c(=O)n1CC(=O)NCCc1ccccc1.CN. The van der Waals surface area contributed by atoms with Gasteiger partial charge in [0.1, 0.15) is 12.2 Å². The first-order valence-corrected chi connectivity index (χ1v) is 10.9. The lowest BCUT2D eigenvalue weighted by Gasteiger charge is -2.14. The van der Waals surface area contributed by atoms with E-state index in [0.29, 0.717) is 19.4 Å². The Morgan fingerprint density at radius 1 is 1.03 bits per heavy atom. The molecule has 7 heteroatoms. The topological polar surface area (TPSA) is 106 Å². The molecule has 0 spiro atoms. The second-order valence-electron chi connectivity index (χ2n) is 6.79. The second kappa shape index (κ2) is 17.9. The van der Waals surface area contributed by atoms with Crippen molar-refractivity contribution >= 4 is 18.0 Å². The zero-order chi connectivity index (χ0) is 23.5. The van der Waals surface area contributed by atoms with Gasteiger partial charge in [0, 0.05) is 12.2 Å². The van der Waals surface area contributed by atoms with Gasteiger partial charge in [-0.3, -0.25) is 14.4 Å². The summed E-state index contributed by atoms with van der Waals surface area (Å²) in [5, 5.41) is 5.24. The maximum atomic E-state index is 12.5. The molecule has 31 heavy (non-hydrogen) atoms. The number of carbonyl (C=O) groups excluding carboxylic acids is 2. The molecule has 0 atom stereocenters. The molecular weight excluding hydrogens is 392 g/mol. The zero-order valence-corrected chi connectivity index (χ0v) is 19.3. The molecule has 0 fully saturated rings. The number of anilines is 1. The smallest absolute Gasteiger partial charge is 0.274 e. The molecule has 0 unspecified atom stereocenters. The molecule has 1 aromatic heterocycles. The largest absolute Gasteiger partial charge is 0.354 e. The molecule has 1 heterocycles. The van der Waals surface area contributed by atoms with Crippen LogP contribution in [0.4, 0.5) is 5.69 Å². The number of hydrogen-bond acceptors (Lipinski definition) is 4. The van der Waals surface area contributed by atoms with E-state index in [4.69, 9.17) is 0 Å².